The summed E-state index contributed by atoms with van der Waals surface area (Å²) in [7, 11) is 0. The van der Waals surface area contributed by atoms with Gasteiger partial charge in [-0.05, 0) is 37.1 Å². The van der Waals surface area contributed by atoms with E-state index in [4.69, 9.17) is 17.3 Å². The lowest BCUT2D eigenvalue weighted by Gasteiger charge is -2.13. The molecule has 1 fully saturated rings. The zero-order valence-corrected chi connectivity index (χ0v) is 17.3. The lowest BCUT2D eigenvalue weighted by atomic mass is 10.2. The molecule has 0 aliphatic carbocycles. The Kier molecular flexibility index (Phi) is 6.98. The maximum Gasteiger partial charge on any atom is 0.303 e. The molecule has 2 heterocycles. The fraction of sp³-hybridized carbons (Fsp3) is 0.250. The number of thiocarbonyl (C=S) groups is 1. The Hall–Kier alpha value is -2.03. The molecular weight excluding hydrogens is 417 g/mol. The van der Waals surface area contributed by atoms with Gasteiger partial charge in [0, 0.05) is 28.3 Å². The highest BCUT2D eigenvalue weighted by atomic mass is 32.2. The SMILES string of the molecule is O=C(O)CCCCCN1C(=O)/C(=C/c2ccc(-c3ccccc3F)s2)SC1=S. The summed E-state index contributed by atoms with van der Waals surface area (Å²) in [4.78, 5) is 26.9. The van der Waals surface area contributed by atoms with Gasteiger partial charge in [-0.1, -0.05) is 48.6 Å². The van der Waals surface area contributed by atoms with Gasteiger partial charge in [0.1, 0.15) is 10.1 Å². The smallest absolute Gasteiger partial charge is 0.303 e. The topological polar surface area (TPSA) is 57.6 Å². The second-order valence-electron chi connectivity index (χ2n) is 6.22. The summed E-state index contributed by atoms with van der Waals surface area (Å²) in [5, 5.41) is 8.66. The molecule has 0 atom stereocenters. The van der Waals surface area contributed by atoms with E-state index in [-0.39, 0.29) is 18.1 Å². The average molecular weight is 436 g/mol. The van der Waals surface area contributed by atoms with Crippen LogP contribution in [0.15, 0.2) is 41.3 Å². The molecule has 3 rings (SSSR count). The molecule has 2 aromatic rings. The molecule has 0 spiro atoms. The van der Waals surface area contributed by atoms with Crippen molar-refractivity contribution in [3.05, 3.63) is 52.0 Å². The maximum absolute atomic E-state index is 13.9. The van der Waals surface area contributed by atoms with Crippen LogP contribution in [-0.4, -0.2) is 32.7 Å². The Morgan fingerprint density at radius 2 is 1.96 bits per heavy atom. The van der Waals surface area contributed by atoms with E-state index in [1.54, 1.807) is 29.2 Å². The second kappa shape index (κ2) is 9.45. The fourth-order valence-electron chi connectivity index (χ4n) is 2.78. The molecule has 146 valence electrons. The summed E-state index contributed by atoms with van der Waals surface area (Å²) in [6.07, 6.45) is 3.97. The molecule has 1 saturated heterocycles. The average Bonchev–Trinajstić information content (AvgIpc) is 3.21. The molecule has 0 radical (unpaired) electrons. The lowest BCUT2D eigenvalue weighted by molar-refractivity contribution is -0.137. The van der Waals surface area contributed by atoms with Gasteiger partial charge >= 0.3 is 5.97 Å². The molecule has 28 heavy (non-hydrogen) atoms. The maximum atomic E-state index is 13.9. The van der Waals surface area contributed by atoms with E-state index in [0.29, 0.717) is 34.2 Å². The number of hydrogen-bond acceptors (Lipinski definition) is 5. The van der Waals surface area contributed by atoms with Crippen molar-refractivity contribution in [1.82, 2.24) is 4.90 Å². The molecule has 1 aliphatic rings. The molecule has 0 saturated carbocycles. The first-order chi connectivity index (χ1) is 13.5. The van der Waals surface area contributed by atoms with Gasteiger partial charge in [-0.2, -0.15) is 0 Å². The van der Waals surface area contributed by atoms with Gasteiger partial charge in [-0.25, -0.2) is 4.39 Å². The summed E-state index contributed by atoms with van der Waals surface area (Å²) >= 11 is 8.00. The van der Waals surface area contributed by atoms with E-state index in [0.717, 1.165) is 16.2 Å². The third-order valence-electron chi connectivity index (χ3n) is 4.19. The molecule has 0 bridgehead atoms. The molecule has 4 nitrogen and oxygen atoms in total. The number of amides is 1. The van der Waals surface area contributed by atoms with Crippen molar-refractivity contribution < 1.29 is 19.1 Å². The van der Waals surface area contributed by atoms with Crippen LogP contribution in [0.4, 0.5) is 4.39 Å². The van der Waals surface area contributed by atoms with Crippen molar-refractivity contribution in [3.8, 4) is 10.4 Å². The van der Waals surface area contributed by atoms with Crippen LogP contribution in [0, 0.1) is 5.82 Å². The fourth-order valence-corrected chi connectivity index (χ4v) is 5.13. The van der Waals surface area contributed by atoms with Crippen molar-refractivity contribution in [1.29, 1.82) is 0 Å². The first-order valence-electron chi connectivity index (χ1n) is 8.77. The highest BCUT2D eigenvalue weighted by Gasteiger charge is 2.31. The number of halogens is 1. The number of hydrogen-bond donors (Lipinski definition) is 1. The van der Waals surface area contributed by atoms with Gasteiger partial charge < -0.3 is 5.11 Å². The quantitative estimate of drug-likeness (QED) is 0.342. The van der Waals surface area contributed by atoms with E-state index in [2.05, 4.69) is 0 Å². The van der Waals surface area contributed by atoms with Gasteiger partial charge in [0.15, 0.2) is 0 Å². The molecule has 1 amide bonds. The van der Waals surface area contributed by atoms with Gasteiger partial charge in [0.25, 0.3) is 5.91 Å². The largest absolute Gasteiger partial charge is 0.481 e. The van der Waals surface area contributed by atoms with Gasteiger partial charge in [-0.3, -0.25) is 14.5 Å². The Morgan fingerprint density at radius 1 is 1.18 bits per heavy atom. The third kappa shape index (κ3) is 5.06. The van der Waals surface area contributed by atoms with Crippen molar-refractivity contribution >= 4 is 57.6 Å². The normalized spacial score (nSPS) is 15.6. The monoisotopic (exact) mass is 435 g/mol. The summed E-state index contributed by atoms with van der Waals surface area (Å²) in [5.41, 5.74) is 0.543. The molecule has 1 N–H and O–H groups in total. The number of carbonyl (C=O) groups excluding carboxylic acids is 1. The summed E-state index contributed by atoms with van der Waals surface area (Å²) in [5.74, 6) is -1.21. The predicted octanol–water partition coefficient (Wildman–Crippen LogP) is 5.40. The van der Waals surface area contributed by atoms with E-state index in [9.17, 15) is 14.0 Å². The van der Waals surface area contributed by atoms with Crippen LogP contribution >= 0.6 is 35.3 Å². The van der Waals surface area contributed by atoms with E-state index in [1.807, 2.05) is 12.1 Å². The molecule has 1 aliphatic heterocycles. The van der Waals surface area contributed by atoms with Crippen LogP contribution in [0.1, 0.15) is 30.6 Å². The molecule has 0 unspecified atom stereocenters. The highest BCUT2D eigenvalue weighted by Crippen LogP contribution is 2.36. The van der Waals surface area contributed by atoms with Crippen LogP contribution in [0.5, 0.6) is 0 Å². The molecular formula is C20H18FNO3S3. The Balaban J connectivity index is 1.64. The number of carbonyl (C=O) groups is 2. The number of nitrogens with zero attached hydrogens (tertiary/aromatic N) is 1. The zero-order chi connectivity index (χ0) is 20.1. The van der Waals surface area contributed by atoms with Crippen LogP contribution in [0.3, 0.4) is 0 Å². The number of carboxylic acid groups (broad SMARTS) is 1. The number of unbranched alkanes of at least 4 members (excludes halogenated alkanes) is 2. The number of benzene rings is 1. The minimum atomic E-state index is -0.806. The number of thiophene rings is 1. The van der Waals surface area contributed by atoms with E-state index < -0.39 is 5.97 Å². The van der Waals surface area contributed by atoms with Gasteiger partial charge in [0.2, 0.25) is 0 Å². The van der Waals surface area contributed by atoms with Gasteiger partial charge in [0.05, 0.1) is 4.91 Å². The van der Waals surface area contributed by atoms with E-state index >= 15 is 0 Å². The standard InChI is InChI=1S/C20H18FNO3S3/c21-15-7-4-3-6-14(15)16-10-9-13(27-16)12-17-19(25)22(20(26)28-17)11-5-1-2-8-18(23)24/h3-4,6-7,9-10,12H,1-2,5,8,11H2,(H,23,24)/b17-12-. The highest BCUT2D eigenvalue weighted by molar-refractivity contribution is 8.26. The first-order valence-corrected chi connectivity index (χ1v) is 10.8. The summed E-state index contributed by atoms with van der Waals surface area (Å²) in [6, 6.07) is 10.3. The third-order valence-corrected chi connectivity index (χ3v) is 6.63. The van der Waals surface area contributed by atoms with Crippen molar-refractivity contribution in [2.45, 2.75) is 25.7 Å². The van der Waals surface area contributed by atoms with Crippen molar-refractivity contribution in [2.24, 2.45) is 0 Å². The van der Waals surface area contributed by atoms with Crippen LogP contribution in [-0.2, 0) is 9.59 Å². The first kappa shape index (κ1) is 20.7. The number of aliphatic carboxylic acids is 1. The lowest BCUT2D eigenvalue weighted by Crippen LogP contribution is -2.29. The number of rotatable bonds is 8. The van der Waals surface area contributed by atoms with Gasteiger partial charge in [-0.15, -0.1) is 11.3 Å². The summed E-state index contributed by atoms with van der Waals surface area (Å²) in [6.45, 7) is 0.493. The second-order valence-corrected chi connectivity index (χ2v) is 9.01. The van der Waals surface area contributed by atoms with Crippen molar-refractivity contribution in [2.75, 3.05) is 6.54 Å². The Labute approximate surface area is 176 Å². The number of carboxylic acids is 1. The number of thioether (sulfide) groups is 1. The minimum Gasteiger partial charge on any atom is -0.481 e. The minimum absolute atomic E-state index is 0.130. The van der Waals surface area contributed by atoms with Crippen LogP contribution in [0.2, 0.25) is 0 Å². The van der Waals surface area contributed by atoms with E-state index in [1.165, 1.54) is 29.2 Å². The Bertz CT molecular complexity index is 938. The van der Waals surface area contributed by atoms with Crippen LogP contribution < -0.4 is 0 Å². The van der Waals surface area contributed by atoms with Crippen LogP contribution in [0.25, 0.3) is 16.5 Å². The summed E-state index contributed by atoms with van der Waals surface area (Å²) < 4.78 is 14.5. The van der Waals surface area contributed by atoms with Crippen molar-refractivity contribution in [3.63, 3.8) is 0 Å². The molecule has 8 heteroatoms. The molecule has 1 aromatic heterocycles. The molecule has 1 aromatic carbocycles. The Morgan fingerprint density at radius 3 is 2.71 bits per heavy atom. The zero-order valence-electron chi connectivity index (χ0n) is 14.9. The predicted molar refractivity (Wildman–Crippen MR) is 116 cm³/mol.